The molecule has 0 aliphatic carbocycles. The lowest BCUT2D eigenvalue weighted by Crippen LogP contribution is -2.42. The molecular weight excluding hydrogens is 339 g/mol. The molecule has 3 amide bonds. The van der Waals surface area contributed by atoms with Gasteiger partial charge in [-0.1, -0.05) is 13.3 Å². The number of carbonyl (C=O) groups is 2. The molecule has 25 heavy (non-hydrogen) atoms. The van der Waals surface area contributed by atoms with Gasteiger partial charge in [-0.2, -0.15) is 13.2 Å². The predicted molar refractivity (Wildman–Crippen MR) is 87.6 cm³/mol. The molecule has 0 saturated heterocycles. The fourth-order valence-corrected chi connectivity index (χ4v) is 1.94. The zero-order valence-corrected chi connectivity index (χ0v) is 14.1. The molecule has 6 nitrogen and oxygen atoms in total. The van der Waals surface area contributed by atoms with E-state index in [0.29, 0.717) is 6.54 Å². The van der Waals surface area contributed by atoms with Crippen LogP contribution in [0.1, 0.15) is 32.3 Å². The largest absolute Gasteiger partial charge is 0.494 e. The minimum absolute atomic E-state index is 0.0835. The van der Waals surface area contributed by atoms with Gasteiger partial charge in [-0.15, -0.1) is 0 Å². The highest BCUT2D eigenvalue weighted by Crippen LogP contribution is 2.37. The number of alkyl halides is 3. The Hall–Kier alpha value is -2.45. The van der Waals surface area contributed by atoms with Crippen molar-refractivity contribution in [1.29, 1.82) is 0 Å². The summed E-state index contributed by atoms with van der Waals surface area (Å²) in [6, 6.07) is 2.74. The number of hydrogen-bond donors (Lipinski definition) is 3. The number of rotatable bonds is 8. The second kappa shape index (κ2) is 9.75. The van der Waals surface area contributed by atoms with Crippen LogP contribution < -0.4 is 20.7 Å². The van der Waals surface area contributed by atoms with Crippen LogP contribution in [0.3, 0.4) is 0 Å². The maximum absolute atomic E-state index is 13.1. The van der Waals surface area contributed by atoms with Gasteiger partial charge in [0.15, 0.2) is 0 Å². The number of carbonyl (C=O) groups excluding carboxylic acids is 2. The highest BCUT2D eigenvalue weighted by molar-refractivity contribution is 5.96. The van der Waals surface area contributed by atoms with E-state index in [4.69, 9.17) is 4.74 Å². The second-order valence-corrected chi connectivity index (χ2v) is 5.15. The summed E-state index contributed by atoms with van der Waals surface area (Å²) in [5.41, 5.74) is -1.21. The van der Waals surface area contributed by atoms with E-state index in [9.17, 15) is 22.8 Å². The normalized spacial score (nSPS) is 10.9. The van der Waals surface area contributed by atoms with Gasteiger partial charge in [-0.25, -0.2) is 4.79 Å². The Morgan fingerprint density at radius 3 is 2.52 bits per heavy atom. The van der Waals surface area contributed by atoms with Gasteiger partial charge in [0.2, 0.25) is 5.91 Å². The average molecular weight is 361 g/mol. The van der Waals surface area contributed by atoms with Crippen molar-refractivity contribution in [3.05, 3.63) is 23.8 Å². The van der Waals surface area contributed by atoms with Crippen molar-refractivity contribution in [2.75, 3.05) is 25.0 Å². The summed E-state index contributed by atoms with van der Waals surface area (Å²) in [5, 5.41) is 6.91. The number of ether oxygens (including phenoxy) is 1. The highest BCUT2D eigenvalue weighted by atomic mass is 19.4. The Labute approximate surface area is 144 Å². The van der Waals surface area contributed by atoms with Crippen LogP contribution in [-0.2, 0) is 11.0 Å². The van der Waals surface area contributed by atoms with Crippen molar-refractivity contribution in [3.8, 4) is 5.75 Å². The fourth-order valence-electron chi connectivity index (χ4n) is 1.94. The molecule has 3 N–H and O–H groups in total. The summed E-state index contributed by atoms with van der Waals surface area (Å²) in [4.78, 5) is 23.1. The first-order valence-electron chi connectivity index (χ1n) is 7.93. The van der Waals surface area contributed by atoms with E-state index >= 15 is 0 Å². The summed E-state index contributed by atoms with van der Waals surface area (Å²) in [6.45, 7) is 3.79. The molecular formula is C16H22F3N3O3. The highest BCUT2D eigenvalue weighted by Gasteiger charge is 2.34. The smallest absolute Gasteiger partial charge is 0.418 e. The average Bonchev–Trinajstić information content (AvgIpc) is 2.53. The topological polar surface area (TPSA) is 79.5 Å². The Morgan fingerprint density at radius 2 is 1.92 bits per heavy atom. The number of hydrogen-bond acceptors (Lipinski definition) is 4. The molecule has 0 aliphatic rings. The SMILES string of the molecule is CCCCNC(=O)NC(=O)CNc1ccc(OCC)cc1C(F)(F)F. The van der Waals surface area contributed by atoms with Crippen LogP contribution in [0.15, 0.2) is 18.2 Å². The lowest BCUT2D eigenvalue weighted by molar-refractivity contribution is -0.137. The number of halogens is 3. The molecule has 0 aliphatic heterocycles. The van der Waals surface area contributed by atoms with Gasteiger partial charge in [0.05, 0.1) is 18.7 Å². The lowest BCUT2D eigenvalue weighted by Gasteiger charge is -2.16. The first-order valence-corrected chi connectivity index (χ1v) is 7.93. The summed E-state index contributed by atoms with van der Waals surface area (Å²) in [6.07, 6.45) is -2.96. The van der Waals surface area contributed by atoms with Crippen LogP contribution in [-0.4, -0.2) is 31.6 Å². The molecule has 0 heterocycles. The molecule has 1 rings (SSSR count). The molecule has 0 radical (unpaired) electrons. The van der Waals surface area contributed by atoms with Gasteiger partial charge < -0.3 is 15.4 Å². The quantitative estimate of drug-likeness (QED) is 0.622. The van der Waals surface area contributed by atoms with E-state index in [-0.39, 0.29) is 18.0 Å². The molecule has 0 spiro atoms. The third kappa shape index (κ3) is 7.32. The number of amides is 3. The van der Waals surface area contributed by atoms with Gasteiger partial charge in [-0.05, 0) is 31.5 Å². The molecule has 0 atom stereocenters. The zero-order chi connectivity index (χ0) is 18.9. The summed E-state index contributed by atoms with van der Waals surface area (Å²) in [5.74, 6) is -0.656. The minimum atomic E-state index is -4.61. The number of imide groups is 1. The Morgan fingerprint density at radius 1 is 1.20 bits per heavy atom. The van der Waals surface area contributed by atoms with Crippen molar-refractivity contribution in [2.45, 2.75) is 32.9 Å². The third-order valence-electron chi connectivity index (χ3n) is 3.12. The van der Waals surface area contributed by atoms with Crippen LogP contribution >= 0.6 is 0 Å². The zero-order valence-electron chi connectivity index (χ0n) is 14.1. The van der Waals surface area contributed by atoms with E-state index in [1.165, 1.54) is 12.1 Å². The summed E-state index contributed by atoms with van der Waals surface area (Å²) in [7, 11) is 0. The first kappa shape index (κ1) is 20.6. The van der Waals surface area contributed by atoms with Crippen LogP contribution in [0.5, 0.6) is 5.75 Å². The van der Waals surface area contributed by atoms with Gasteiger partial charge in [0.1, 0.15) is 5.75 Å². The molecule has 140 valence electrons. The predicted octanol–water partition coefficient (Wildman–Crippen LogP) is 3.14. The van der Waals surface area contributed by atoms with Crippen molar-refractivity contribution in [2.24, 2.45) is 0 Å². The van der Waals surface area contributed by atoms with E-state index < -0.39 is 30.2 Å². The standard InChI is InChI=1S/C16H22F3N3O3/c1-3-5-8-20-15(24)22-14(23)10-21-13-7-6-11(25-4-2)9-12(13)16(17,18)19/h6-7,9,21H,3-5,8,10H2,1-2H3,(H2,20,22,23,24). The minimum Gasteiger partial charge on any atom is -0.494 e. The van der Waals surface area contributed by atoms with Gasteiger partial charge in [0, 0.05) is 12.2 Å². The lowest BCUT2D eigenvalue weighted by atomic mass is 10.1. The molecule has 0 aromatic heterocycles. The molecule has 0 fully saturated rings. The second-order valence-electron chi connectivity index (χ2n) is 5.15. The van der Waals surface area contributed by atoms with Crippen molar-refractivity contribution < 1.29 is 27.5 Å². The van der Waals surface area contributed by atoms with Gasteiger partial charge in [0.25, 0.3) is 0 Å². The molecule has 0 saturated carbocycles. The molecule has 1 aromatic rings. The van der Waals surface area contributed by atoms with Crippen LogP contribution in [0.4, 0.5) is 23.7 Å². The molecule has 9 heteroatoms. The van der Waals surface area contributed by atoms with Gasteiger partial charge >= 0.3 is 12.2 Å². The number of nitrogens with one attached hydrogen (secondary N) is 3. The van der Waals surface area contributed by atoms with E-state index in [2.05, 4.69) is 10.6 Å². The van der Waals surface area contributed by atoms with E-state index in [1.807, 2.05) is 12.2 Å². The number of urea groups is 1. The summed E-state index contributed by atoms with van der Waals surface area (Å²) < 4.78 is 44.4. The summed E-state index contributed by atoms with van der Waals surface area (Å²) >= 11 is 0. The number of benzene rings is 1. The van der Waals surface area contributed by atoms with Crippen molar-refractivity contribution in [1.82, 2.24) is 10.6 Å². The monoisotopic (exact) mass is 361 g/mol. The first-order chi connectivity index (χ1) is 11.8. The number of unbranched alkanes of at least 4 members (excludes halogenated alkanes) is 1. The van der Waals surface area contributed by atoms with Gasteiger partial charge in [-0.3, -0.25) is 10.1 Å². The molecule has 0 bridgehead atoms. The maximum atomic E-state index is 13.1. The van der Waals surface area contributed by atoms with Crippen molar-refractivity contribution >= 4 is 17.6 Å². The fraction of sp³-hybridized carbons (Fsp3) is 0.500. The Bertz CT molecular complexity index is 592. The maximum Gasteiger partial charge on any atom is 0.418 e. The molecule has 1 aromatic carbocycles. The molecule has 0 unspecified atom stereocenters. The Kier molecular flexibility index (Phi) is 8.03. The van der Waals surface area contributed by atoms with E-state index in [1.54, 1.807) is 6.92 Å². The van der Waals surface area contributed by atoms with Crippen LogP contribution in [0, 0.1) is 0 Å². The number of anilines is 1. The Balaban J connectivity index is 2.66. The van der Waals surface area contributed by atoms with Crippen LogP contribution in [0.25, 0.3) is 0 Å². The van der Waals surface area contributed by atoms with Crippen LogP contribution in [0.2, 0.25) is 0 Å². The van der Waals surface area contributed by atoms with Crippen molar-refractivity contribution in [3.63, 3.8) is 0 Å². The third-order valence-corrected chi connectivity index (χ3v) is 3.12. The van der Waals surface area contributed by atoms with E-state index in [0.717, 1.165) is 18.9 Å².